The Morgan fingerprint density at radius 1 is 1.05 bits per heavy atom. The second kappa shape index (κ2) is 6.97. The summed E-state index contributed by atoms with van der Waals surface area (Å²) < 4.78 is 0. The van der Waals surface area contributed by atoms with Crippen molar-refractivity contribution < 1.29 is 5.11 Å². The predicted octanol–water partition coefficient (Wildman–Crippen LogP) is 2.73. The van der Waals surface area contributed by atoms with Gasteiger partial charge in [0.1, 0.15) is 0 Å². The molecular formula is C18H34N2O. The number of aliphatic hydroxyl groups excluding tert-OH is 1. The van der Waals surface area contributed by atoms with Crippen LogP contribution in [0.1, 0.15) is 58.3 Å². The largest absolute Gasteiger partial charge is 0.393 e. The Balaban J connectivity index is 1.55. The Hall–Kier alpha value is -0.120. The summed E-state index contributed by atoms with van der Waals surface area (Å²) in [6.45, 7) is 5.90. The van der Waals surface area contributed by atoms with Crippen molar-refractivity contribution in [3.8, 4) is 0 Å². The Labute approximate surface area is 130 Å². The van der Waals surface area contributed by atoms with E-state index in [4.69, 9.17) is 0 Å². The smallest absolute Gasteiger partial charge is 0.0580 e. The molecule has 1 aliphatic carbocycles. The molecule has 0 aromatic rings. The summed E-state index contributed by atoms with van der Waals surface area (Å²) >= 11 is 0. The van der Waals surface area contributed by atoms with Gasteiger partial charge in [0.15, 0.2) is 0 Å². The van der Waals surface area contributed by atoms with Crippen LogP contribution in [-0.4, -0.2) is 59.8 Å². The van der Waals surface area contributed by atoms with Crippen LogP contribution in [0.25, 0.3) is 0 Å². The first-order valence-electron chi connectivity index (χ1n) is 9.29. The minimum absolute atomic E-state index is 0.0451. The minimum Gasteiger partial charge on any atom is -0.393 e. The van der Waals surface area contributed by atoms with Gasteiger partial charge in [0, 0.05) is 25.2 Å². The molecule has 2 saturated heterocycles. The van der Waals surface area contributed by atoms with Crippen molar-refractivity contribution in [3.05, 3.63) is 0 Å². The highest BCUT2D eigenvalue weighted by Gasteiger charge is 2.36. The van der Waals surface area contributed by atoms with Gasteiger partial charge >= 0.3 is 0 Å². The molecule has 0 aromatic heterocycles. The fourth-order valence-electron chi connectivity index (χ4n) is 5.09. The van der Waals surface area contributed by atoms with E-state index in [1.54, 1.807) is 0 Å². The number of rotatable bonds is 4. The van der Waals surface area contributed by atoms with Crippen LogP contribution in [0.4, 0.5) is 0 Å². The summed E-state index contributed by atoms with van der Waals surface area (Å²) in [5, 5.41) is 10.4. The first-order valence-corrected chi connectivity index (χ1v) is 9.29. The molecule has 3 fully saturated rings. The molecule has 3 aliphatic rings. The van der Waals surface area contributed by atoms with E-state index in [9.17, 15) is 5.11 Å². The van der Waals surface area contributed by atoms with Crippen LogP contribution in [0.15, 0.2) is 0 Å². The molecule has 5 atom stereocenters. The molecular weight excluding hydrogens is 260 g/mol. The second-order valence-electron chi connectivity index (χ2n) is 7.89. The molecule has 0 aromatic carbocycles. The first-order chi connectivity index (χ1) is 10.2. The molecule has 3 heteroatoms. The monoisotopic (exact) mass is 294 g/mol. The number of likely N-dealkylation sites (tertiary alicyclic amines) is 1. The lowest BCUT2D eigenvalue weighted by atomic mass is 9.77. The summed E-state index contributed by atoms with van der Waals surface area (Å²) in [5.74, 6) is 1.40. The average molecular weight is 294 g/mol. The van der Waals surface area contributed by atoms with Gasteiger partial charge in [-0.25, -0.2) is 0 Å². The molecule has 2 bridgehead atoms. The van der Waals surface area contributed by atoms with Crippen LogP contribution in [0.2, 0.25) is 0 Å². The third-order valence-corrected chi connectivity index (χ3v) is 6.47. The zero-order chi connectivity index (χ0) is 14.8. The number of nitrogens with zero attached hydrogens (tertiary/aromatic N) is 2. The van der Waals surface area contributed by atoms with Gasteiger partial charge < -0.3 is 10.0 Å². The maximum atomic E-state index is 10.4. The standard InChI is InChI=1S/C18H34N2O/c1-3-4-14-5-8-18(21)15(11-14)12-20-10-9-16-6-7-17(13-20)19(16)2/h14-18,21H,3-13H2,1-2H3. The molecule has 3 rings (SSSR count). The number of aliphatic hydroxyl groups is 1. The highest BCUT2D eigenvalue weighted by molar-refractivity contribution is 4.92. The SMILES string of the molecule is CCCC1CCC(O)C(CN2CCC3CCC(C2)N3C)C1. The molecule has 0 amide bonds. The lowest BCUT2D eigenvalue weighted by Crippen LogP contribution is -2.42. The summed E-state index contributed by atoms with van der Waals surface area (Å²) in [5.41, 5.74) is 0. The number of hydrogen-bond acceptors (Lipinski definition) is 3. The van der Waals surface area contributed by atoms with Crippen molar-refractivity contribution in [1.29, 1.82) is 0 Å². The van der Waals surface area contributed by atoms with Gasteiger partial charge in [-0.3, -0.25) is 4.90 Å². The highest BCUT2D eigenvalue weighted by Crippen LogP contribution is 2.34. The minimum atomic E-state index is -0.0451. The van der Waals surface area contributed by atoms with Gasteiger partial charge in [0.05, 0.1) is 6.10 Å². The molecule has 0 radical (unpaired) electrons. The quantitative estimate of drug-likeness (QED) is 0.863. The van der Waals surface area contributed by atoms with Crippen molar-refractivity contribution >= 4 is 0 Å². The Kier molecular flexibility index (Phi) is 5.23. The molecule has 2 aliphatic heterocycles. The van der Waals surface area contributed by atoms with Crippen LogP contribution in [-0.2, 0) is 0 Å². The van der Waals surface area contributed by atoms with E-state index in [0.29, 0.717) is 5.92 Å². The van der Waals surface area contributed by atoms with E-state index in [1.165, 1.54) is 58.0 Å². The second-order valence-corrected chi connectivity index (χ2v) is 7.89. The Bertz CT molecular complexity index is 335. The summed E-state index contributed by atoms with van der Waals surface area (Å²) in [4.78, 5) is 5.29. The highest BCUT2D eigenvalue weighted by atomic mass is 16.3. The van der Waals surface area contributed by atoms with Crippen molar-refractivity contribution in [3.63, 3.8) is 0 Å². The molecule has 122 valence electrons. The Morgan fingerprint density at radius 2 is 1.86 bits per heavy atom. The number of hydrogen-bond donors (Lipinski definition) is 1. The van der Waals surface area contributed by atoms with Gasteiger partial charge in [-0.15, -0.1) is 0 Å². The van der Waals surface area contributed by atoms with E-state index in [-0.39, 0.29) is 6.10 Å². The molecule has 0 spiro atoms. The fraction of sp³-hybridized carbons (Fsp3) is 1.00. The van der Waals surface area contributed by atoms with Gasteiger partial charge in [0.25, 0.3) is 0 Å². The van der Waals surface area contributed by atoms with Gasteiger partial charge in [-0.2, -0.15) is 0 Å². The molecule has 1 N–H and O–H groups in total. The van der Waals surface area contributed by atoms with Crippen LogP contribution < -0.4 is 0 Å². The summed E-state index contributed by atoms with van der Waals surface area (Å²) in [6.07, 6.45) is 10.3. The van der Waals surface area contributed by atoms with Gasteiger partial charge in [-0.1, -0.05) is 19.8 Å². The molecule has 2 heterocycles. The summed E-state index contributed by atoms with van der Waals surface area (Å²) in [6, 6.07) is 1.59. The lowest BCUT2D eigenvalue weighted by molar-refractivity contribution is 0.0243. The topological polar surface area (TPSA) is 26.7 Å². The third-order valence-electron chi connectivity index (χ3n) is 6.47. The van der Waals surface area contributed by atoms with E-state index in [0.717, 1.165) is 31.0 Å². The van der Waals surface area contributed by atoms with Gasteiger partial charge in [-0.05, 0) is 64.0 Å². The molecule has 5 unspecified atom stereocenters. The van der Waals surface area contributed by atoms with Crippen molar-refractivity contribution in [1.82, 2.24) is 9.80 Å². The van der Waals surface area contributed by atoms with Crippen molar-refractivity contribution in [2.75, 3.05) is 26.7 Å². The number of likely N-dealkylation sites (N-methyl/N-ethyl adjacent to an activating group) is 1. The van der Waals surface area contributed by atoms with E-state index < -0.39 is 0 Å². The first kappa shape index (κ1) is 15.8. The third kappa shape index (κ3) is 3.62. The van der Waals surface area contributed by atoms with Crippen molar-refractivity contribution in [2.45, 2.75) is 76.5 Å². The maximum Gasteiger partial charge on any atom is 0.0580 e. The number of fused-ring (bicyclic) bond motifs is 2. The molecule has 21 heavy (non-hydrogen) atoms. The molecule has 3 nitrogen and oxygen atoms in total. The van der Waals surface area contributed by atoms with Crippen LogP contribution in [0, 0.1) is 11.8 Å². The molecule has 1 saturated carbocycles. The van der Waals surface area contributed by atoms with Crippen LogP contribution in [0.5, 0.6) is 0 Å². The average Bonchev–Trinajstić information content (AvgIpc) is 2.71. The predicted molar refractivity (Wildman–Crippen MR) is 87.4 cm³/mol. The van der Waals surface area contributed by atoms with E-state index in [1.807, 2.05) is 0 Å². The zero-order valence-corrected chi connectivity index (χ0v) is 14.0. The van der Waals surface area contributed by atoms with E-state index in [2.05, 4.69) is 23.8 Å². The van der Waals surface area contributed by atoms with Crippen LogP contribution >= 0.6 is 0 Å². The van der Waals surface area contributed by atoms with Crippen LogP contribution in [0.3, 0.4) is 0 Å². The Morgan fingerprint density at radius 3 is 2.67 bits per heavy atom. The maximum absolute atomic E-state index is 10.4. The lowest BCUT2D eigenvalue weighted by Gasteiger charge is -2.37. The van der Waals surface area contributed by atoms with Gasteiger partial charge in [0.2, 0.25) is 0 Å². The fourth-order valence-corrected chi connectivity index (χ4v) is 5.09. The zero-order valence-electron chi connectivity index (χ0n) is 14.0. The summed E-state index contributed by atoms with van der Waals surface area (Å²) in [7, 11) is 2.32. The van der Waals surface area contributed by atoms with E-state index >= 15 is 0 Å². The normalized spacial score (nSPS) is 42.1. The van der Waals surface area contributed by atoms with Crippen molar-refractivity contribution in [2.24, 2.45) is 11.8 Å².